The van der Waals surface area contributed by atoms with E-state index >= 15 is 0 Å². The zero-order valence-corrected chi connectivity index (χ0v) is 28.6. The first-order valence-corrected chi connectivity index (χ1v) is 16.7. The van der Waals surface area contributed by atoms with Gasteiger partial charge < -0.3 is 42.5 Å². The third-order valence-electron chi connectivity index (χ3n) is 8.46. The van der Waals surface area contributed by atoms with Gasteiger partial charge in [-0.15, -0.1) is 0 Å². The second kappa shape index (κ2) is 16.7. The van der Waals surface area contributed by atoms with Gasteiger partial charge in [0.25, 0.3) is 18.9 Å². The molecule has 4 rings (SSSR count). The van der Waals surface area contributed by atoms with Gasteiger partial charge in [0.05, 0.1) is 12.7 Å². The summed E-state index contributed by atoms with van der Waals surface area (Å²) in [6.45, 7) is 1.92. The molecule has 2 aliphatic heterocycles. The largest absolute Gasteiger partial charge is 0.756 e. The van der Waals surface area contributed by atoms with Crippen LogP contribution in [0.2, 0.25) is 0 Å². The van der Waals surface area contributed by atoms with E-state index in [4.69, 9.17) is 28.2 Å². The van der Waals surface area contributed by atoms with E-state index in [1.165, 1.54) is 44.4 Å². The maximum atomic E-state index is 12.7. The van der Waals surface area contributed by atoms with Gasteiger partial charge in [0.1, 0.15) is 24.4 Å². The molecule has 270 valence electrons. The molecule has 2 saturated heterocycles. The summed E-state index contributed by atoms with van der Waals surface area (Å²) < 4.78 is 54.3. The number of H-pyrrole nitrogens is 2. The van der Waals surface area contributed by atoms with E-state index in [9.17, 15) is 28.6 Å². The van der Waals surface area contributed by atoms with E-state index in [-0.39, 0.29) is 19.1 Å². The first kappa shape index (κ1) is 38.0. The number of ether oxygens (including phenoxy) is 5. The summed E-state index contributed by atoms with van der Waals surface area (Å²) in [6.07, 6.45) is -3.24. The molecule has 9 atom stereocenters. The minimum absolute atomic E-state index is 0.139. The van der Waals surface area contributed by atoms with Crippen LogP contribution in [0, 0.1) is 5.92 Å². The average molecular weight is 704 g/mol. The summed E-state index contributed by atoms with van der Waals surface area (Å²) in [5.74, 6) is -0.272. The van der Waals surface area contributed by atoms with Crippen molar-refractivity contribution < 1.29 is 42.2 Å². The third-order valence-corrected chi connectivity index (χ3v) is 9.41. The predicted molar refractivity (Wildman–Crippen MR) is 167 cm³/mol. The molecule has 2 aliphatic rings. The second-order valence-electron chi connectivity index (χ2n) is 11.8. The number of nitrogens with zero attached hydrogens (tertiary/aromatic N) is 4. The number of nitrogens with one attached hydrogen (secondary N) is 2. The van der Waals surface area contributed by atoms with E-state index < -0.39 is 73.3 Å². The van der Waals surface area contributed by atoms with Crippen molar-refractivity contribution in [3.63, 3.8) is 0 Å². The van der Waals surface area contributed by atoms with Crippen molar-refractivity contribution >= 4 is 7.82 Å². The van der Waals surface area contributed by atoms with E-state index in [0.717, 1.165) is 17.7 Å². The van der Waals surface area contributed by atoms with Gasteiger partial charge in [0.15, 0.2) is 12.5 Å². The fraction of sp³-hybridized carbons (Fsp3) is 0.714. The lowest BCUT2D eigenvalue weighted by molar-refractivity contribution is -0.231. The van der Waals surface area contributed by atoms with Gasteiger partial charge in [0.2, 0.25) is 0 Å². The van der Waals surface area contributed by atoms with Crippen LogP contribution in [-0.4, -0.2) is 135 Å². The van der Waals surface area contributed by atoms with Crippen LogP contribution in [0.4, 0.5) is 0 Å². The smallest absolute Gasteiger partial charge is 0.330 e. The molecule has 2 aromatic heterocycles. The quantitative estimate of drug-likeness (QED) is 0.169. The molecule has 19 nitrogen and oxygen atoms in total. The van der Waals surface area contributed by atoms with Crippen molar-refractivity contribution in [1.29, 1.82) is 0 Å². The van der Waals surface area contributed by atoms with Crippen LogP contribution in [0.1, 0.15) is 18.9 Å². The molecule has 0 saturated carbocycles. The Balaban J connectivity index is 1.62. The van der Waals surface area contributed by atoms with Crippen molar-refractivity contribution in [2.24, 2.45) is 5.92 Å². The highest BCUT2D eigenvalue weighted by atomic mass is 31.2. The molecule has 4 heterocycles. The summed E-state index contributed by atoms with van der Waals surface area (Å²) in [5.41, 5.74) is -2.57. The van der Waals surface area contributed by atoms with Crippen molar-refractivity contribution in [3.8, 4) is 0 Å². The highest BCUT2D eigenvalue weighted by molar-refractivity contribution is 7.45. The molecule has 2 aromatic rings. The van der Waals surface area contributed by atoms with Crippen LogP contribution >= 0.6 is 7.82 Å². The third kappa shape index (κ3) is 9.05. The molecule has 0 aromatic carbocycles. The number of phosphoric ester groups is 1. The summed E-state index contributed by atoms with van der Waals surface area (Å²) in [6, 6.07) is 2.36. The molecule has 0 spiro atoms. The molecule has 0 radical (unpaired) electrons. The van der Waals surface area contributed by atoms with Crippen molar-refractivity contribution in [2.45, 2.75) is 49.4 Å². The van der Waals surface area contributed by atoms with E-state index in [1.807, 2.05) is 23.9 Å². The van der Waals surface area contributed by atoms with Gasteiger partial charge in [-0.2, -0.15) is 0 Å². The molecule has 20 heteroatoms. The van der Waals surface area contributed by atoms with Crippen LogP contribution in [0.3, 0.4) is 0 Å². The molecule has 2 fully saturated rings. The Morgan fingerprint density at radius 3 is 1.90 bits per heavy atom. The molecular formula is C28H44N6O13P-. The number of likely N-dealkylation sites (N-methyl/N-ethyl adjacent to an activating group) is 1. The number of methoxy groups -OCH3 is 3. The van der Waals surface area contributed by atoms with Gasteiger partial charge in [0, 0.05) is 78.5 Å². The molecular weight excluding hydrogens is 659 g/mol. The number of hydrogen-bond acceptors (Lipinski definition) is 15. The number of phosphoric acid groups is 1. The van der Waals surface area contributed by atoms with E-state index in [0.29, 0.717) is 26.1 Å². The van der Waals surface area contributed by atoms with E-state index in [2.05, 4.69) is 14.5 Å². The van der Waals surface area contributed by atoms with Gasteiger partial charge in [-0.25, -0.2) is 9.59 Å². The normalized spacial score (nSPS) is 28.8. The molecule has 1 unspecified atom stereocenters. The Morgan fingerprint density at radius 1 is 0.833 bits per heavy atom. The zero-order chi connectivity index (χ0) is 35.2. The summed E-state index contributed by atoms with van der Waals surface area (Å²) in [5, 5.41) is 0. The highest BCUT2D eigenvalue weighted by Gasteiger charge is 2.50. The Bertz CT molecular complexity index is 1630. The first-order chi connectivity index (χ1) is 22.8. The lowest BCUT2D eigenvalue weighted by atomic mass is 9.93. The Morgan fingerprint density at radius 2 is 1.40 bits per heavy atom. The molecule has 0 amide bonds. The Labute approximate surface area is 275 Å². The molecule has 48 heavy (non-hydrogen) atoms. The lowest BCUT2D eigenvalue weighted by Gasteiger charge is -2.33. The highest BCUT2D eigenvalue weighted by Crippen LogP contribution is 2.45. The lowest BCUT2D eigenvalue weighted by Crippen LogP contribution is -2.45. The van der Waals surface area contributed by atoms with Crippen molar-refractivity contribution in [2.75, 3.05) is 75.3 Å². The maximum Gasteiger partial charge on any atom is 0.330 e. The summed E-state index contributed by atoms with van der Waals surface area (Å²) in [7, 11) is 4.36. The maximum absolute atomic E-state index is 12.7. The minimum atomic E-state index is -4.81. The van der Waals surface area contributed by atoms with Crippen LogP contribution in [-0.2, 0) is 37.3 Å². The molecule has 2 N–H and O–H groups in total. The zero-order valence-electron chi connectivity index (χ0n) is 27.7. The first-order valence-electron chi connectivity index (χ1n) is 15.2. The van der Waals surface area contributed by atoms with Crippen molar-refractivity contribution in [3.05, 3.63) is 66.2 Å². The van der Waals surface area contributed by atoms with Gasteiger partial charge in [-0.3, -0.25) is 38.2 Å². The molecule has 0 aliphatic carbocycles. The number of aromatic amines is 2. The van der Waals surface area contributed by atoms with Crippen LogP contribution in [0.5, 0.6) is 0 Å². The number of aromatic nitrogens is 4. The minimum Gasteiger partial charge on any atom is -0.756 e. The second-order valence-corrected chi connectivity index (χ2v) is 13.2. The fourth-order valence-corrected chi connectivity index (χ4v) is 6.74. The van der Waals surface area contributed by atoms with E-state index in [1.54, 1.807) is 0 Å². The summed E-state index contributed by atoms with van der Waals surface area (Å²) >= 11 is 0. The number of hydrogen-bond donors (Lipinski definition) is 2. The molecule has 0 bridgehead atoms. The standard InChI is InChI=1S/C28H45N6O13P/c1-31(2)13-14-32(10-7-17-19(16-41-3)46-25(22(17)42-4)33-11-8-20(35)29-27(33)37)15-18-23(47-48(39,40)44-6)24(43-5)26(45-18)34-12-9-21(36)30-28(34)38/h8-9,11-12,17-19,22-26H,7,10,13-16H2,1-6H3,(H,39,40)(H,29,35,37)(H,30,36,38)/p-1/t17-,18-,19-,22-,23-,24-,25-,26-/m1/s1. The van der Waals surface area contributed by atoms with Gasteiger partial charge in [-0.1, -0.05) is 0 Å². The van der Waals surface area contributed by atoms with Crippen LogP contribution < -0.4 is 27.4 Å². The fourth-order valence-electron chi connectivity index (χ4n) is 6.10. The van der Waals surface area contributed by atoms with Gasteiger partial charge >= 0.3 is 11.4 Å². The Hall–Kier alpha value is -2.81. The SMILES string of the molecule is COC[C@H]1O[C@@H](n2ccc(=O)[nH]c2=O)[C@H](OC)[C@@H]1CCN(CCN(C)C)C[C@H]1O[C@@H](n2ccc(=O)[nH]c2=O)[C@H](OC)[C@@H]1OP(=O)([O-])OC. The topological polar surface area (TPSA) is 221 Å². The summed E-state index contributed by atoms with van der Waals surface area (Å²) in [4.78, 5) is 69.7. The van der Waals surface area contributed by atoms with Crippen molar-refractivity contribution in [1.82, 2.24) is 28.9 Å². The predicted octanol–water partition coefficient (Wildman–Crippen LogP) is -2.07. The van der Waals surface area contributed by atoms with Crippen LogP contribution in [0.25, 0.3) is 0 Å². The monoisotopic (exact) mass is 703 g/mol. The Kier molecular flexibility index (Phi) is 13.2. The van der Waals surface area contributed by atoms with Gasteiger partial charge in [-0.05, 0) is 27.1 Å². The average Bonchev–Trinajstić information content (AvgIpc) is 3.54. The number of rotatable bonds is 17. The van der Waals surface area contributed by atoms with Crippen LogP contribution in [0.15, 0.2) is 43.7 Å².